The van der Waals surface area contributed by atoms with Crippen LogP contribution in [0.3, 0.4) is 0 Å². The van der Waals surface area contributed by atoms with Gasteiger partial charge in [0.1, 0.15) is 0 Å². The second-order valence-corrected chi connectivity index (χ2v) is 5.39. The van der Waals surface area contributed by atoms with E-state index in [9.17, 15) is 5.11 Å². The van der Waals surface area contributed by atoms with Gasteiger partial charge < -0.3 is 9.84 Å². The Morgan fingerprint density at radius 1 is 1.31 bits per heavy atom. The molecular weight excluding hydrogens is 164 g/mol. The summed E-state index contributed by atoms with van der Waals surface area (Å²) in [4.78, 5) is 0. The molecule has 0 spiro atoms. The van der Waals surface area contributed by atoms with Gasteiger partial charge in [-0.1, -0.05) is 0 Å². The largest absolute Gasteiger partial charge is 0.390 e. The van der Waals surface area contributed by atoms with E-state index in [4.69, 9.17) is 4.74 Å². The first kappa shape index (κ1) is 9.47. The minimum atomic E-state index is -0.507. The number of fused-ring (bicyclic) bond motifs is 1. The van der Waals surface area contributed by atoms with Gasteiger partial charge in [-0.15, -0.1) is 0 Å². The molecule has 13 heavy (non-hydrogen) atoms. The summed E-state index contributed by atoms with van der Waals surface area (Å²) in [6, 6.07) is 0. The zero-order valence-electron chi connectivity index (χ0n) is 8.84. The zero-order chi connectivity index (χ0) is 9.69. The molecular formula is C11H20O2. The minimum absolute atomic E-state index is 0.167. The van der Waals surface area contributed by atoms with Gasteiger partial charge in [-0.25, -0.2) is 0 Å². The number of rotatable bonds is 1. The van der Waals surface area contributed by atoms with E-state index < -0.39 is 5.60 Å². The standard InChI is InChI=1S/C11H20O2/c1-10(2,12)8-4-5-9-11(3,13-9)7-6-8/h8-9,12H,4-7H2,1-3H3. The predicted octanol–water partition coefficient (Wildman–Crippen LogP) is 2.10. The van der Waals surface area contributed by atoms with Gasteiger partial charge in [0, 0.05) is 0 Å². The van der Waals surface area contributed by atoms with Crippen LogP contribution >= 0.6 is 0 Å². The molecule has 1 heterocycles. The van der Waals surface area contributed by atoms with Crippen LogP contribution < -0.4 is 0 Å². The number of epoxide rings is 1. The van der Waals surface area contributed by atoms with Crippen LogP contribution in [0.15, 0.2) is 0 Å². The molecule has 0 amide bonds. The van der Waals surface area contributed by atoms with E-state index in [-0.39, 0.29) is 5.60 Å². The lowest BCUT2D eigenvalue weighted by Crippen LogP contribution is -2.30. The summed E-state index contributed by atoms with van der Waals surface area (Å²) in [5, 5.41) is 9.91. The van der Waals surface area contributed by atoms with E-state index >= 15 is 0 Å². The maximum absolute atomic E-state index is 9.91. The molecule has 0 aromatic rings. The fraction of sp³-hybridized carbons (Fsp3) is 1.00. The Morgan fingerprint density at radius 2 is 2.00 bits per heavy atom. The van der Waals surface area contributed by atoms with Gasteiger partial charge in [0.25, 0.3) is 0 Å². The van der Waals surface area contributed by atoms with E-state index in [1.165, 1.54) is 0 Å². The normalized spacial score (nSPS) is 45.2. The van der Waals surface area contributed by atoms with Crippen molar-refractivity contribution in [3.05, 3.63) is 0 Å². The van der Waals surface area contributed by atoms with Gasteiger partial charge >= 0.3 is 0 Å². The van der Waals surface area contributed by atoms with Crippen LogP contribution in [0.4, 0.5) is 0 Å². The summed E-state index contributed by atoms with van der Waals surface area (Å²) >= 11 is 0. The minimum Gasteiger partial charge on any atom is -0.390 e. The maximum Gasteiger partial charge on any atom is 0.0920 e. The van der Waals surface area contributed by atoms with Crippen molar-refractivity contribution in [3.63, 3.8) is 0 Å². The van der Waals surface area contributed by atoms with Crippen molar-refractivity contribution in [2.75, 3.05) is 0 Å². The Hall–Kier alpha value is -0.0800. The summed E-state index contributed by atoms with van der Waals surface area (Å²) in [5.74, 6) is 0.459. The second-order valence-electron chi connectivity index (χ2n) is 5.39. The number of hydrogen-bond donors (Lipinski definition) is 1. The summed E-state index contributed by atoms with van der Waals surface area (Å²) in [6.07, 6.45) is 4.96. The second kappa shape index (κ2) is 2.71. The lowest BCUT2D eigenvalue weighted by atomic mass is 9.84. The molecule has 0 radical (unpaired) electrons. The first-order valence-corrected chi connectivity index (χ1v) is 5.32. The maximum atomic E-state index is 9.91. The number of hydrogen-bond acceptors (Lipinski definition) is 2. The molecule has 2 heteroatoms. The highest BCUT2D eigenvalue weighted by atomic mass is 16.6. The number of aliphatic hydroxyl groups is 1. The lowest BCUT2D eigenvalue weighted by Gasteiger charge is -2.28. The van der Waals surface area contributed by atoms with E-state index in [2.05, 4.69) is 6.92 Å². The van der Waals surface area contributed by atoms with Crippen LogP contribution in [0.2, 0.25) is 0 Å². The Bertz CT molecular complexity index is 207. The molecule has 76 valence electrons. The van der Waals surface area contributed by atoms with E-state index in [1.54, 1.807) is 0 Å². The highest BCUT2D eigenvalue weighted by Gasteiger charge is 2.53. The molecule has 3 atom stereocenters. The quantitative estimate of drug-likeness (QED) is 0.633. The molecule has 1 aliphatic carbocycles. The van der Waals surface area contributed by atoms with Gasteiger partial charge in [-0.05, 0) is 52.4 Å². The Morgan fingerprint density at radius 3 is 2.62 bits per heavy atom. The molecule has 0 aromatic carbocycles. The van der Waals surface area contributed by atoms with Gasteiger partial charge in [0.05, 0.1) is 17.3 Å². The highest BCUT2D eigenvalue weighted by Crippen LogP contribution is 2.48. The highest BCUT2D eigenvalue weighted by molar-refractivity contribution is 5.02. The first-order chi connectivity index (χ1) is 5.92. The molecule has 1 saturated heterocycles. The van der Waals surface area contributed by atoms with Gasteiger partial charge in [0.15, 0.2) is 0 Å². The van der Waals surface area contributed by atoms with Crippen molar-refractivity contribution >= 4 is 0 Å². The molecule has 1 aliphatic heterocycles. The van der Waals surface area contributed by atoms with Crippen molar-refractivity contribution < 1.29 is 9.84 Å². The van der Waals surface area contributed by atoms with E-state index in [0.717, 1.165) is 25.7 Å². The van der Waals surface area contributed by atoms with E-state index in [0.29, 0.717) is 12.0 Å². The Balaban J connectivity index is 1.97. The van der Waals surface area contributed by atoms with Gasteiger partial charge in [-0.2, -0.15) is 0 Å². The predicted molar refractivity (Wildman–Crippen MR) is 51.5 cm³/mol. The summed E-state index contributed by atoms with van der Waals surface area (Å²) < 4.78 is 5.62. The molecule has 3 unspecified atom stereocenters. The molecule has 2 nitrogen and oxygen atoms in total. The van der Waals surface area contributed by atoms with Gasteiger partial charge in [-0.3, -0.25) is 0 Å². The van der Waals surface area contributed by atoms with Crippen molar-refractivity contribution in [2.24, 2.45) is 5.92 Å². The fourth-order valence-electron chi connectivity index (χ4n) is 2.54. The van der Waals surface area contributed by atoms with Crippen molar-refractivity contribution in [1.82, 2.24) is 0 Å². The molecule has 1 saturated carbocycles. The van der Waals surface area contributed by atoms with Gasteiger partial charge in [0.2, 0.25) is 0 Å². The third kappa shape index (κ3) is 1.75. The fourth-order valence-corrected chi connectivity index (χ4v) is 2.54. The van der Waals surface area contributed by atoms with Crippen LogP contribution in [0.25, 0.3) is 0 Å². The molecule has 2 aliphatic rings. The monoisotopic (exact) mass is 184 g/mol. The summed E-state index contributed by atoms with van der Waals surface area (Å²) in [6.45, 7) is 6.06. The Labute approximate surface area is 80.3 Å². The molecule has 2 fully saturated rings. The average Bonchev–Trinajstić information content (AvgIpc) is 2.58. The van der Waals surface area contributed by atoms with Crippen molar-refractivity contribution in [2.45, 2.75) is 63.8 Å². The Kier molecular flexibility index (Phi) is 1.97. The topological polar surface area (TPSA) is 32.8 Å². The van der Waals surface area contributed by atoms with Crippen molar-refractivity contribution in [1.29, 1.82) is 0 Å². The third-order valence-electron chi connectivity index (χ3n) is 3.80. The van der Waals surface area contributed by atoms with Crippen LogP contribution in [-0.2, 0) is 4.74 Å². The van der Waals surface area contributed by atoms with Crippen LogP contribution in [0, 0.1) is 5.92 Å². The van der Waals surface area contributed by atoms with Crippen LogP contribution in [0.1, 0.15) is 46.5 Å². The van der Waals surface area contributed by atoms with Crippen LogP contribution in [0.5, 0.6) is 0 Å². The van der Waals surface area contributed by atoms with Crippen molar-refractivity contribution in [3.8, 4) is 0 Å². The molecule has 2 rings (SSSR count). The third-order valence-corrected chi connectivity index (χ3v) is 3.80. The lowest BCUT2D eigenvalue weighted by molar-refractivity contribution is 0.00525. The average molecular weight is 184 g/mol. The summed E-state index contributed by atoms with van der Waals surface area (Å²) in [7, 11) is 0. The number of ether oxygens (including phenoxy) is 1. The first-order valence-electron chi connectivity index (χ1n) is 5.32. The zero-order valence-corrected chi connectivity index (χ0v) is 8.84. The summed E-state index contributed by atoms with van der Waals surface area (Å²) in [5.41, 5.74) is -0.340. The molecule has 1 N–H and O–H groups in total. The molecule has 0 aromatic heterocycles. The molecule has 0 bridgehead atoms. The van der Waals surface area contributed by atoms with Crippen LogP contribution in [-0.4, -0.2) is 22.4 Å². The SMILES string of the molecule is CC(C)(O)C1CCC2OC2(C)CC1. The smallest absolute Gasteiger partial charge is 0.0920 e. The van der Waals surface area contributed by atoms with E-state index in [1.807, 2.05) is 13.8 Å².